The molecular formula is C17H15F3N2O2S2. The summed E-state index contributed by atoms with van der Waals surface area (Å²) in [5.74, 6) is -0.184. The highest BCUT2D eigenvalue weighted by Crippen LogP contribution is 2.45. The van der Waals surface area contributed by atoms with E-state index in [1.807, 2.05) is 6.08 Å². The molecule has 2 aromatic heterocycles. The maximum atomic E-state index is 12.9. The number of fused-ring (bicyclic) bond motifs is 1. The van der Waals surface area contributed by atoms with Crippen LogP contribution in [0.2, 0.25) is 0 Å². The number of allylic oxidation sites excluding steroid dienone is 1. The van der Waals surface area contributed by atoms with Crippen molar-refractivity contribution >= 4 is 33.6 Å². The molecule has 2 aromatic rings. The molecule has 4 rings (SSSR count). The Morgan fingerprint density at radius 1 is 1.31 bits per heavy atom. The maximum absolute atomic E-state index is 12.9. The van der Waals surface area contributed by atoms with Gasteiger partial charge < -0.3 is 10.1 Å². The lowest BCUT2D eigenvalue weighted by Crippen LogP contribution is -2.13. The van der Waals surface area contributed by atoms with Crippen molar-refractivity contribution < 1.29 is 22.7 Å². The Balaban J connectivity index is 1.73. The van der Waals surface area contributed by atoms with E-state index in [0.717, 1.165) is 52.0 Å². The lowest BCUT2D eigenvalue weighted by molar-refractivity contribution is -0.140. The number of carbonyl (C=O) groups excluding carboxylic acids is 1. The summed E-state index contributed by atoms with van der Waals surface area (Å²) in [5, 5.41) is 4.76. The van der Waals surface area contributed by atoms with Gasteiger partial charge in [-0.1, -0.05) is 6.08 Å². The third-order valence-corrected chi connectivity index (χ3v) is 6.37. The molecule has 3 heterocycles. The second kappa shape index (κ2) is 6.79. The second-order valence-corrected chi connectivity index (χ2v) is 8.09. The molecule has 1 N–H and O–H groups in total. The zero-order valence-corrected chi connectivity index (χ0v) is 15.2. The van der Waals surface area contributed by atoms with E-state index in [9.17, 15) is 18.0 Å². The number of anilines is 1. The molecule has 0 bridgehead atoms. The van der Waals surface area contributed by atoms with Gasteiger partial charge in [0.05, 0.1) is 13.2 Å². The monoisotopic (exact) mass is 400 g/mol. The molecule has 2 aliphatic rings. The van der Waals surface area contributed by atoms with Gasteiger partial charge >= 0.3 is 6.18 Å². The smallest absolute Gasteiger partial charge is 0.376 e. The fourth-order valence-electron chi connectivity index (χ4n) is 3.13. The van der Waals surface area contributed by atoms with Crippen molar-refractivity contribution in [2.45, 2.75) is 38.5 Å². The fraction of sp³-hybridized carbons (Fsp3) is 0.412. The summed E-state index contributed by atoms with van der Waals surface area (Å²) >= 11 is 2.31. The highest BCUT2D eigenvalue weighted by Gasteiger charge is 2.35. The third-order valence-electron chi connectivity index (χ3n) is 4.39. The average Bonchev–Trinajstić information content (AvgIpc) is 3.32. The van der Waals surface area contributed by atoms with Gasteiger partial charge in [0.25, 0.3) is 5.91 Å². The van der Waals surface area contributed by atoms with Crippen molar-refractivity contribution in [3.63, 3.8) is 0 Å². The minimum atomic E-state index is -4.48. The number of alkyl halides is 3. The molecule has 138 valence electrons. The van der Waals surface area contributed by atoms with Crippen molar-refractivity contribution in [1.29, 1.82) is 0 Å². The Morgan fingerprint density at radius 2 is 2.15 bits per heavy atom. The number of carbonyl (C=O) groups is 1. The third kappa shape index (κ3) is 3.30. The molecule has 0 fully saturated rings. The highest BCUT2D eigenvalue weighted by atomic mass is 32.1. The number of aromatic nitrogens is 1. The number of amides is 1. The Morgan fingerprint density at radius 3 is 2.85 bits per heavy atom. The summed E-state index contributed by atoms with van der Waals surface area (Å²) in [6.45, 7) is 0.913. The van der Waals surface area contributed by atoms with Crippen molar-refractivity contribution in [3.05, 3.63) is 33.2 Å². The topological polar surface area (TPSA) is 51.2 Å². The van der Waals surface area contributed by atoms with Crippen LogP contribution in [0.3, 0.4) is 0 Å². The molecule has 0 atom stereocenters. The number of hydrogen-bond donors (Lipinski definition) is 1. The van der Waals surface area contributed by atoms with Crippen LogP contribution in [-0.2, 0) is 28.7 Å². The van der Waals surface area contributed by atoms with Crippen molar-refractivity contribution in [1.82, 2.24) is 4.98 Å². The number of nitrogens with one attached hydrogen (secondary N) is 1. The van der Waals surface area contributed by atoms with Gasteiger partial charge in [-0.2, -0.15) is 13.2 Å². The summed E-state index contributed by atoms with van der Waals surface area (Å²) in [6, 6.07) is 0. The quantitative estimate of drug-likeness (QED) is 0.788. The lowest BCUT2D eigenvalue weighted by Gasteiger charge is -2.13. The number of rotatable bonds is 3. The number of hydrogen-bond acceptors (Lipinski definition) is 5. The predicted octanol–water partition coefficient (Wildman–Crippen LogP) is 5.01. The Bertz CT molecular complexity index is 883. The standard InChI is InChI=1S/C17H15F3N2O2S2/c18-17(19,20)12-8-25-15(21-12)13-10-5-6-24-7-11(10)26-16(13)22-14(23)9-3-1-2-4-9/h3,8H,1-2,4-7H2,(H,22,23). The molecule has 1 aliphatic carbocycles. The first-order valence-electron chi connectivity index (χ1n) is 8.19. The van der Waals surface area contributed by atoms with E-state index in [0.29, 0.717) is 30.2 Å². The minimum absolute atomic E-state index is 0.184. The summed E-state index contributed by atoms with van der Waals surface area (Å²) in [4.78, 5) is 17.2. The van der Waals surface area contributed by atoms with Crippen LogP contribution < -0.4 is 5.32 Å². The molecule has 0 unspecified atom stereocenters. The predicted molar refractivity (Wildman–Crippen MR) is 94.4 cm³/mol. The molecule has 0 aromatic carbocycles. The minimum Gasteiger partial charge on any atom is -0.376 e. The van der Waals surface area contributed by atoms with E-state index in [1.165, 1.54) is 11.3 Å². The van der Waals surface area contributed by atoms with Crippen molar-refractivity contribution in [2.24, 2.45) is 0 Å². The zero-order valence-electron chi connectivity index (χ0n) is 13.6. The van der Waals surface area contributed by atoms with Gasteiger partial charge in [-0.25, -0.2) is 4.98 Å². The van der Waals surface area contributed by atoms with Gasteiger partial charge in [-0.05, 0) is 31.2 Å². The summed E-state index contributed by atoms with van der Waals surface area (Å²) in [7, 11) is 0. The fourth-order valence-corrected chi connectivity index (χ4v) is 5.28. The van der Waals surface area contributed by atoms with Gasteiger partial charge in [0.1, 0.15) is 10.0 Å². The van der Waals surface area contributed by atoms with Crippen LogP contribution in [0.5, 0.6) is 0 Å². The Hall–Kier alpha value is -1.71. The largest absolute Gasteiger partial charge is 0.434 e. The molecular weight excluding hydrogens is 385 g/mol. The van der Waals surface area contributed by atoms with Crippen LogP contribution in [0, 0.1) is 0 Å². The number of thiophene rings is 1. The molecule has 0 saturated heterocycles. The molecule has 4 nitrogen and oxygen atoms in total. The molecule has 0 saturated carbocycles. The van der Waals surface area contributed by atoms with E-state index >= 15 is 0 Å². The van der Waals surface area contributed by atoms with Gasteiger partial charge in [-0.3, -0.25) is 4.79 Å². The van der Waals surface area contributed by atoms with Crippen molar-refractivity contribution in [3.8, 4) is 10.6 Å². The first kappa shape index (κ1) is 17.7. The Labute approximate surface area is 155 Å². The van der Waals surface area contributed by atoms with Crippen LogP contribution in [0.15, 0.2) is 17.0 Å². The summed E-state index contributed by atoms with van der Waals surface area (Å²) in [5.41, 5.74) is 1.37. The lowest BCUT2D eigenvalue weighted by atomic mass is 10.1. The van der Waals surface area contributed by atoms with Gasteiger partial charge in [0.15, 0.2) is 5.69 Å². The van der Waals surface area contributed by atoms with E-state index in [1.54, 1.807) is 0 Å². The molecule has 9 heteroatoms. The van der Waals surface area contributed by atoms with Crippen LogP contribution in [0.1, 0.15) is 35.4 Å². The molecule has 1 aliphatic heterocycles. The van der Waals surface area contributed by atoms with Gasteiger partial charge in [-0.15, -0.1) is 22.7 Å². The van der Waals surface area contributed by atoms with Crippen LogP contribution in [0.4, 0.5) is 18.2 Å². The first-order valence-corrected chi connectivity index (χ1v) is 9.89. The number of halogens is 3. The number of ether oxygens (including phenoxy) is 1. The zero-order chi connectivity index (χ0) is 18.3. The second-order valence-electron chi connectivity index (χ2n) is 6.12. The highest BCUT2D eigenvalue weighted by molar-refractivity contribution is 7.18. The van der Waals surface area contributed by atoms with Gasteiger partial charge in [0.2, 0.25) is 0 Å². The first-order chi connectivity index (χ1) is 12.4. The van der Waals surface area contributed by atoms with Crippen LogP contribution >= 0.6 is 22.7 Å². The molecule has 0 radical (unpaired) electrons. The Kier molecular flexibility index (Phi) is 4.62. The van der Waals surface area contributed by atoms with Crippen molar-refractivity contribution in [2.75, 3.05) is 11.9 Å². The van der Waals surface area contributed by atoms with E-state index < -0.39 is 11.9 Å². The molecule has 26 heavy (non-hydrogen) atoms. The number of thiazole rings is 1. The molecule has 0 spiro atoms. The van der Waals surface area contributed by atoms with E-state index in [4.69, 9.17) is 4.74 Å². The number of nitrogens with zero attached hydrogens (tertiary/aromatic N) is 1. The summed E-state index contributed by atoms with van der Waals surface area (Å²) < 4.78 is 44.3. The summed E-state index contributed by atoms with van der Waals surface area (Å²) in [6.07, 6.45) is 0.589. The maximum Gasteiger partial charge on any atom is 0.434 e. The SMILES string of the molecule is O=C(Nc1sc2c(c1-c1nc(C(F)(F)F)cs1)CCOC2)C1=CCCC1. The van der Waals surface area contributed by atoms with E-state index in [2.05, 4.69) is 10.3 Å². The van der Waals surface area contributed by atoms with E-state index in [-0.39, 0.29) is 10.9 Å². The normalized spacial score (nSPS) is 17.1. The average molecular weight is 400 g/mol. The molecule has 1 amide bonds. The van der Waals surface area contributed by atoms with Crippen LogP contribution in [-0.4, -0.2) is 17.5 Å². The van der Waals surface area contributed by atoms with Gasteiger partial charge in [0, 0.05) is 21.4 Å². The van der Waals surface area contributed by atoms with Crippen LogP contribution in [0.25, 0.3) is 10.6 Å².